The molecule has 0 fully saturated rings. The zero-order valence-corrected chi connectivity index (χ0v) is 12.8. The fraction of sp³-hybridized carbons (Fsp3) is 0.133. The number of anilines is 1. The van der Waals surface area contributed by atoms with E-state index >= 15 is 0 Å². The van der Waals surface area contributed by atoms with Gasteiger partial charge < -0.3 is 9.84 Å². The quantitative estimate of drug-likeness (QED) is 0.785. The number of nitrogens with one attached hydrogen (secondary N) is 1. The third-order valence-electron chi connectivity index (χ3n) is 3.05. The van der Waals surface area contributed by atoms with Gasteiger partial charge >= 0.3 is 0 Å². The Balaban J connectivity index is 1.74. The van der Waals surface area contributed by atoms with E-state index in [4.69, 9.17) is 21.4 Å². The highest BCUT2D eigenvalue weighted by Crippen LogP contribution is 2.22. The average molecular weight is 327 g/mol. The molecular formula is C15H11ClN6O. The smallest absolute Gasteiger partial charge is 0.257 e. The normalized spacial score (nSPS) is 11.7. The first kappa shape index (κ1) is 14.9. The molecule has 8 heteroatoms. The van der Waals surface area contributed by atoms with Crippen LogP contribution in [0.2, 0.25) is 5.02 Å². The van der Waals surface area contributed by atoms with Gasteiger partial charge in [0, 0.05) is 10.6 Å². The minimum Gasteiger partial charge on any atom is -0.359 e. The maximum Gasteiger partial charge on any atom is 0.257 e. The Labute approximate surface area is 137 Å². The van der Waals surface area contributed by atoms with Crippen molar-refractivity contribution in [2.24, 2.45) is 0 Å². The first-order valence-electron chi connectivity index (χ1n) is 6.74. The van der Waals surface area contributed by atoms with Crippen LogP contribution in [0, 0.1) is 11.3 Å². The minimum absolute atomic E-state index is 0.234. The van der Waals surface area contributed by atoms with Crippen LogP contribution in [0.25, 0.3) is 11.5 Å². The van der Waals surface area contributed by atoms with Crippen molar-refractivity contribution >= 4 is 17.4 Å². The monoisotopic (exact) mass is 326 g/mol. The second-order valence-electron chi connectivity index (χ2n) is 4.73. The van der Waals surface area contributed by atoms with Crippen molar-refractivity contribution in [3.63, 3.8) is 0 Å². The molecular weight excluding hydrogens is 316 g/mol. The SMILES string of the molecule is C[C@@H](Nc1cnc(C#N)cn1)c1noc(-c2ccc(Cl)cc2)n1. The van der Waals surface area contributed by atoms with Crippen LogP contribution < -0.4 is 5.32 Å². The van der Waals surface area contributed by atoms with Crippen molar-refractivity contribution in [1.82, 2.24) is 20.1 Å². The Morgan fingerprint density at radius 1 is 1.22 bits per heavy atom. The lowest BCUT2D eigenvalue weighted by atomic mass is 10.2. The maximum absolute atomic E-state index is 8.70. The van der Waals surface area contributed by atoms with E-state index < -0.39 is 0 Å². The van der Waals surface area contributed by atoms with Gasteiger partial charge in [0.05, 0.1) is 18.4 Å². The van der Waals surface area contributed by atoms with Crippen molar-refractivity contribution in [2.45, 2.75) is 13.0 Å². The van der Waals surface area contributed by atoms with Gasteiger partial charge in [-0.05, 0) is 31.2 Å². The van der Waals surface area contributed by atoms with Crippen LogP contribution in [0.1, 0.15) is 24.5 Å². The van der Waals surface area contributed by atoms with Crippen LogP contribution in [-0.2, 0) is 0 Å². The molecule has 1 aromatic carbocycles. The molecule has 0 saturated carbocycles. The van der Waals surface area contributed by atoms with Crippen molar-refractivity contribution in [3.8, 4) is 17.5 Å². The third kappa shape index (κ3) is 3.44. The summed E-state index contributed by atoms with van der Waals surface area (Å²) in [5.41, 5.74) is 1.05. The summed E-state index contributed by atoms with van der Waals surface area (Å²) in [6, 6.07) is 8.82. The zero-order valence-electron chi connectivity index (χ0n) is 12.1. The van der Waals surface area contributed by atoms with Crippen molar-refractivity contribution in [2.75, 3.05) is 5.32 Å². The van der Waals surface area contributed by atoms with Gasteiger partial charge in [0.2, 0.25) is 0 Å². The van der Waals surface area contributed by atoms with Crippen LogP contribution in [0.15, 0.2) is 41.2 Å². The summed E-state index contributed by atoms with van der Waals surface area (Å²) >= 11 is 5.86. The van der Waals surface area contributed by atoms with Gasteiger partial charge in [-0.1, -0.05) is 16.8 Å². The molecule has 0 aliphatic rings. The van der Waals surface area contributed by atoms with Gasteiger partial charge in [-0.25, -0.2) is 9.97 Å². The Kier molecular flexibility index (Phi) is 4.17. The first-order valence-corrected chi connectivity index (χ1v) is 7.12. The number of hydrogen-bond acceptors (Lipinski definition) is 7. The van der Waals surface area contributed by atoms with Crippen molar-refractivity contribution < 1.29 is 4.52 Å². The molecule has 0 spiro atoms. The summed E-state index contributed by atoms with van der Waals surface area (Å²) in [7, 11) is 0. The third-order valence-corrected chi connectivity index (χ3v) is 3.30. The van der Waals surface area contributed by atoms with E-state index in [9.17, 15) is 0 Å². The molecule has 0 aliphatic carbocycles. The number of hydrogen-bond donors (Lipinski definition) is 1. The number of benzene rings is 1. The van der Waals surface area contributed by atoms with Crippen LogP contribution in [0.5, 0.6) is 0 Å². The Bertz CT molecular complexity index is 838. The molecule has 2 heterocycles. The Morgan fingerprint density at radius 3 is 2.65 bits per heavy atom. The molecule has 0 radical (unpaired) electrons. The molecule has 2 aromatic heterocycles. The maximum atomic E-state index is 8.70. The van der Waals surface area contributed by atoms with Gasteiger partial charge in [0.1, 0.15) is 11.9 Å². The number of rotatable bonds is 4. The minimum atomic E-state index is -0.234. The molecule has 1 N–H and O–H groups in total. The van der Waals surface area contributed by atoms with Gasteiger partial charge in [0.15, 0.2) is 11.5 Å². The van der Waals surface area contributed by atoms with E-state index in [0.717, 1.165) is 5.56 Å². The van der Waals surface area contributed by atoms with Crippen LogP contribution in [0.3, 0.4) is 0 Å². The summed E-state index contributed by atoms with van der Waals surface area (Å²) in [6.07, 6.45) is 2.87. The van der Waals surface area contributed by atoms with Crippen molar-refractivity contribution in [1.29, 1.82) is 5.26 Å². The lowest BCUT2D eigenvalue weighted by Crippen LogP contribution is -2.10. The molecule has 0 bridgehead atoms. The predicted octanol–water partition coefficient (Wildman–Crippen LogP) is 3.22. The molecule has 3 rings (SSSR count). The number of aromatic nitrogens is 4. The summed E-state index contributed by atoms with van der Waals surface area (Å²) in [6.45, 7) is 1.87. The van der Waals surface area contributed by atoms with E-state index in [1.165, 1.54) is 12.4 Å². The van der Waals surface area contributed by atoms with Crippen LogP contribution >= 0.6 is 11.6 Å². The van der Waals surface area contributed by atoms with E-state index in [-0.39, 0.29) is 11.7 Å². The molecule has 0 amide bonds. The average Bonchev–Trinajstić information content (AvgIpc) is 3.06. The van der Waals surface area contributed by atoms with Gasteiger partial charge in [0.25, 0.3) is 5.89 Å². The fourth-order valence-electron chi connectivity index (χ4n) is 1.87. The Morgan fingerprint density at radius 2 is 2.00 bits per heavy atom. The van der Waals surface area contributed by atoms with E-state index in [1.54, 1.807) is 12.1 Å². The molecule has 114 valence electrons. The second-order valence-corrected chi connectivity index (χ2v) is 5.17. The first-order chi connectivity index (χ1) is 11.2. The van der Waals surface area contributed by atoms with Crippen molar-refractivity contribution in [3.05, 3.63) is 53.2 Å². The zero-order chi connectivity index (χ0) is 16.2. The summed E-state index contributed by atoms with van der Waals surface area (Å²) in [5.74, 6) is 1.42. The second kappa shape index (κ2) is 6.42. The topological polar surface area (TPSA) is 101 Å². The molecule has 3 aromatic rings. The summed E-state index contributed by atoms with van der Waals surface area (Å²) < 4.78 is 5.26. The van der Waals surface area contributed by atoms with E-state index in [0.29, 0.717) is 22.6 Å². The van der Waals surface area contributed by atoms with Gasteiger partial charge in [-0.3, -0.25) is 0 Å². The van der Waals surface area contributed by atoms with Crippen LogP contribution in [-0.4, -0.2) is 20.1 Å². The number of nitrogens with zero attached hydrogens (tertiary/aromatic N) is 5. The summed E-state index contributed by atoms with van der Waals surface area (Å²) in [5, 5.41) is 16.4. The molecule has 0 aliphatic heterocycles. The fourth-order valence-corrected chi connectivity index (χ4v) is 1.99. The van der Waals surface area contributed by atoms with Gasteiger partial charge in [-0.2, -0.15) is 10.2 Å². The summed E-state index contributed by atoms with van der Waals surface area (Å²) in [4.78, 5) is 12.4. The highest BCUT2D eigenvalue weighted by Gasteiger charge is 2.15. The van der Waals surface area contributed by atoms with Gasteiger partial charge in [-0.15, -0.1) is 0 Å². The highest BCUT2D eigenvalue weighted by atomic mass is 35.5. The molecule has 0 saturated heterocycles. The largest absolute Gasteiger partial charge is 0.359 e. The molecule has 23 heavy (non-hydrogen) atoms. The molecule has 1 atom stereocenters. The molecule has 0 unspecified atom stereocenters. The highest BCUT2D eigenvalue weighted by molar-refractivity contribution is 6.30. The number of nitriles is 1. The van der Waals surface area contributed by atoms with E-state index in [2.05, 4.69) is 25.4 Å². The lowest BCUT2D eigenvalue weighted by molar-refractivity contribution is 0.419. The lowest BCUT2D eigenvalue weighted by Gasteiger charge is -2.09. The number of halogens is 1. The molecule has 7 nitrogen and oxygen atoms in total. The standard InChI is InChI=1S/C15H11ClN6O/c1-9(20-13-8-18-12(6-17)7-19-13)14-21-15(23-22-14)10-2-4-11(16)5-3-10/h2-5,7-9H,1H3,(H,19,20)/t9-/m1/s1. The predicted molar refractivity (Wildman–Crippen MR) is 83.5 cm³/mol. The van der Waals surface area contributed by atoms with Crippen LogP contribution in [0.4, 0.5) is 5.82 Å². The van der Waals surface area contributed by atoms with E-state index in [1.807, 2.05) is 25.1 Å². The Hall–Kier alpha value is -2.98.